The van der Waals surface area contributed by atoms with E-state index in [2.05, 4.69) is 0 Å². The average molecular weight is 344 g/mol. The summed E-state index contributed by atoms with van der Waals surface area (Å²) in [5.41, 5.74) is -2.02. The van der Waals surface area contributed by atoms with Gasteiger partial charge in [0, 0.05) is 0 Å². The minimum atomic E-state index is -2.21. The van der Waals surface area contributed by atoms with E-state index in [0.717, 1.165) is 6.92 Å². The highest BCUT2D eigenvalue weighted by Crippen LogP contribution is 2.30. The fourth-order valence-electron chi connectivity index (χ4n) is 2.37. The zero-order valence-corrected chi connectivity index (χ0v) is 13.9. The maximum absolute atomic E-state index is 12.5. The Balaban J connectivity index is 2.31. The fourth-order valence-corrected chi connectivity index (χ4v) is 2.37. The lowest BCUT2D eigenvalue weighted by Crippen LogP contribution is -2.55. The van der Waals surface area contributed by atoms with E-state index in [-0.39, 0.29) is 17.7 Å². The number of imide groups is 1. The van der Waals surface area contributed by atoms with Gasteiger partial charge in [0.05, 0.1) is 17.7 Å². The van der Waals surface area contributed by atoms with Crippen molar-refractivity contribution in [2.75, 3.05) is 6.61 Å². The number of ether oxygens (including phenoxy) is 2. The molecule has 0 N–H and O–H groups in total. The molecule has 0 saturated heterocycles. The topological polar surface area (TPSA) is 114 Å². The van der Waals surface area contributed by atoms with Crippen LogP contribution in [0.5, 0.6) is 0 Å². The van der Waals surface area contributed by atoms with E-state index in [9.17, 15) is 24.4 Å². The Hall–Kier alpha value is -3.21. The van der Waals surface area contributed by atoms with Crippen molar-refractivity contribution in [3.8, 4) is 6.07 Å². The molecule has 0 unspecified atom stereocenters. The molecule has 8 nitrogen and oxygen atoms in total. The third kappa shape index (κ3) is 2.96. The summed E-state index contributed by atoms with van der Waals surface area (Å²) < 4.78 is 9.67. The molecular formula is C17H16N2O6. The number of carbonyl (C=O) groups is 4. The van der Waals surface area contributed by atoms with Crippen LogP contribution in [0.2, 0.25) is 0 Å². The van der Waals surface area contributed by atoms with E-state index < -0.39 is 35.4 Å². The van der Waals surface area contributed by atoms with Gasteiger partial charge in [0.25, 0.3) is 11.8 Å². The van der Waals surface area contributed by atoms with Crippen LogP contribution < -0.4 is 0 Å². The predicted octanol–water partition coefficient (Wildman–Crippen LogP) is 1.06. The highest BCUT2D eigenvalue weighted by Gasteiger charge is 2.53. The van der Waals surface area contributed by atoms with E-state index in [1.165, 1.54) is 19.1 Å². The van der Waals surface area contributed by atoms with Crippen LogP contribution in [0.4, 0.5) is 0 Å². The standard InChI is InChI=1S/C17H16N2O6/c1-4-24-15(22)10(2)25-16(23)17(3,9-18)19-13(20)11-7-5-6-8-12(11)14(19)21/h5-8,10H,4H2,1-3H3/t10-,17-/m0/s1. The molecule has 8 heteroatoms. The number of fused-ring (bicyclic) bond motifs is 1. The Morgan fingerprint density at radius 3 is 2.20 bits per heavy atom. The Morgan fingerprint density at radius 2 is 1.76 bits per heavy atom. The number of benzene rings is 1. The summed E-state index contributed by atoms with van der Waals surface area (Å²) in [7, 11) is 0. The lowest BCUT2D eigenvalue weighted by atomic mass is 10.0. The number of rotatable bonds is 5. The molecule has 0 spiro atoms. The molecule has 130 valence electrons. The molecule has 2 rings (SSSR count). The summed E-state index contributed by atoms with van der Waals surface area (Å²) in [6.45, 7) is 4.05. The fraction of sp³-hybridized carbons (Fsp3) is 0.353. The summed E-state index contributed by atoms with van der Waals surface area (Å²) in [6, 6.07) is 7.65. The first-order valence-electron chi connectivity index (χ1n) is 7.54. The smallest absolute Gasteiger partial charge is 0.348 e. The van der Waals surface area contributed by atoms with Crippen molar-refractivity contribution < 1.29 is 28.7 Å². The maximum Gasteiger partial charge on any atom is 0.348 e. The van der Waals surface area contributed by atoms with Gasteiger partial charge < -0.3 is 9.47 Å². The van der Waals surface area contributed by atoms with Crippen molar-refractivity contribution in [1.29, 1.82) is 5.26 Å². The second-order valence-corrected chi connectivity index (χ2v) is 5.47. The summed E-state index contributed by atoms with van der Waals surface area (Å²) in [5.74, 6) is -3.53. The van der Waals surface area contributed by atoms with E-state index in [4.69, 9.17) is 9.47 Å². The van der Waals surface area contributed by atoms with E-state index in [0.29, 0.717) is 4.90 Å². The summed E-state index contributed by atoms with van der Waals surface area (Å²) in [4.78, 5) is 49.6. The third-order valence-electron chi connectivity index (χ3n) is 3.76. The van der Waals surface area contributed by atoms with Crippen LogP contribution in [-0.4, -0.2) is 46.9 Å². The zero-order chi connectivity index (χ0) is 18.8. The van der Waals surface area contributed by atoms with Gasteiger partial charge >= 0.3 is 11.9 Å². The number of hydrogen-bond donors (Lipinski definition) is 0. The molecule has 1 aromatic rings. The molecule has 1 aromatic carbocycles. The van der Waals surface area contributed by atoms with Crippen molar-refractivity contribution in [2.45, 2.75) is 32.4 Å². The second kappa shape index (κ2) is 6.73. The van der Waals surface area contributed by atoms with E-state index in [1.54, 1.807) is 25.1 Å². The van der Waals surface area contributed by atoms with Crippen molar-refractivity contribution in [2.24, 2.45) is 0 Å². The second-order valence-electron chi connectivity index (χ2n) is 5.47. The first-order chi connectivity index (χ1) is 11.8. The molecule has 1 heterocycles. The van der Waals surface area contributed by atoms with Crippen molar-refractivity contribution in [1.82, 2.24) is 4.90 Å². The largest absolute Gasteiger partial charge is 0.463 e. The molecule has 0 saturated carbocycles. The van der Waals surface area contributed by atoms with Crippen LogP contribution in [0, 0.1) is 11.3 Å². The predicted molar refractivity (Wildman–Crippen MR) is 83.1 cm³/mol. The monoisotopic (exact) mass is 344 g/mol. The minimum absolute atomic E-state index is 0.0919. The van der Waals surface area contributed by atoms with E-state index >= 15 is 0 Å². The zero-order valence-electron chi connectivity index (χ0n) is 13.9. The van der Waals surface area contributed by atoms with Crippen molar-refractivity contribution in [3.05, 3.63) is 35.4 Å². The molecule has 25 heavy (non-hydrogen) atoms. The van der Waals surface area contributed by atoms with Crippen LogP contribution in [0.1, 0.15) is 41.5 Å². The molecule has 2 atom stereocenters. The van der Waals surface area contributed by atoms with Crippen LogP contribution in [0.15, 0.2) is 24.3 Å². The van der Waals surface area contributed by atoms with Crippen LogP contribution in [-0.2, 0) is 19.1 Å². The number of carbonyl (C=O) groups excluding carboxylic acids is 4. The average Bonchev–Trinajstić information content (AvgIpc) is 2.86. The summed E-state index contributed by atoms with van der Waals surface area (Å²) in [6.07, 6.45) is -1.28. The number of esters is 2. The first-order valence-corrected chi connectivity index (χ1v) is 7.54. The molecule has 1 aliphatic rings. The third-order valence-corrected chi connectivity index (χ3v) is 3.76. The van der Waals surface area contributed by atoms with Gasteiger partial charge in [-0.05, 0) is 32.9 Å². The minimum Gasteiger partial charge on any atom is -0.463 e. The number of nitriles is 1. The highest BCUT2D eigenvalue weighted by molar-refractivity contribution is 6.23. The van der Waals surface area contributed by atoms with Gasteiger partial charge in [0.2, 0.25) is 5.54 Å². The van der Waals surface area contributed by atoms with Gasteiger partial charge in [-0.25, -0.2) is 14.5 Å². The Kier molecular flexibility index (Phi) is 4.88. The van der Waals surface area contributed by atoms with Gasteiger partial charge in [0.15, 0.2) is 6.10 Å². The quantitative estimate of drug-likeness (QED) is 0.579. The van der Waals surface area contributed by atoms with Crippen LogP contribution >= 0.6 is 0 Å². The lowest BCUT2D eigenvalue weighted by molar-refractivity contribution is -0.170. The van der Waals surface area contributed by atoms with Gasteiger partial charge in [0.1, 0.15) is 6.07 Å². The molecule has 0 aliphatic carbocycles. The normalized spacial score (nSPS) is 16.5. The summed E-state index contributed by atoms with van der Waals surface area (Å²) in [5, 5.41) is 9.47. The molecule has 0 bridgehead atoms. The molecular weight excluding hydrogens is 328 g/mol. The highest BCUT2D eigenvalue weighted by atomic mass is 16.6. The molecule has 1 aliphatic heterocycles. The maximum atomic E-state index is 12.5. The Morgan fingerprint density at radius 1 is 1.24 bits per heavy atom. The molecule has 2 amide bonds. The number of hydrogen-bond acceptors (Lipinski definition) is 7. The van der Waals surface area contributed by atoms with Crippen molar-refractivity contribution in [3.63, 3.8) is 0 Å². The van der Waals surface area contributed by atoms with E-state index in [1.807, 2.05) is 0 Å². The first kappa shape index (κ1) is 18.1. The molecule has 0 aromatic heterocycles. The Labute approximate surface area is 143 Å². The molecule has 0 radical (unpaired) electrons. The van der Waals surface area contributed by atoms with Gasteiger partial charge in [-0.1, -0.05) is 12.1 Å². The number of amides is 2. The molecule has 0 fully saturated rings. The van der Waals surface area contributed by atoms with Crippen molar-refractivity contribution >= 4 is 23.8 Å². The van der Waals surface area contributed by atoms with Gasteiger partial charge in [-0.3, -0.25) is 9.59 Å². The number of nitrogens with zero attached hydrogens (tertiary/aromatic N) is 2. The van der Waals surface area contributed by atoms with Gasteiger partial charge in [-0.2, -0.15) is 5.26 Å². The van der Waals surface area contributed by atoms with Crippen LogP contribution in [0.25, 0.3) is 0 Å². The van der Waals surface area contributed by atoms with Gasteiger partial charge in [-0.15, -0.1) is 0 Å². The lowest BCUT2D eigenvalue weighted by Gasteiger charge is -2.29. The Bertz CT molecular complexity index is 762. The summed E-state index contributed by atoms with van der Waals surface area (Å²) >= 11 is 0. The SMILES string of the molecule is CCOC(=O)[C@H](C)OC(=O)[C@](C)(C#N)N1C(=O)c2ccccc2C1=O. The van der Waals surface area contributed by atoms with Crippen LogP contribution in [0.3, 0.4) is 0 Å².